The lowest BCUT2D eigenvalue weighted by Crippen LogP contribution is -2.48. The zero-order valence-electron chi connectivity index (χ0n) is 16.6. The number of hydrogen-bond donors (Lipinski definition) is 0. The van der Waals surface area contributed by atoms with Crippen LogP contribution in [0.1, 0.15) is 44.6 Å². The summed E-state index contributed by atoms with van der Waals surface area (Å²) in [5, 5.41) is 0. The summed E-state index contributed by atoms with van der Waals surface area (Å²) in [6.45, 7) is 1.82. The highest BCUT2D eigenvalue weighted by molar-refractivity contribution is 7.91. The molecule has 3 rings (SSSR count). The molecule has 1 aliphatic heterocycles. The van der Waals surface area contributed by atoms with Crippen molar-refractivity contribution in [3.8, 4) is 11.5 Å². The van der Waals surface area contributed by atoms with Crippen molar-refractivity contribution in [2.45, 2.75) is 51.1 Å². The van der Waals surface area contributed by atoms with Crippen LogP contribution < -0.4 is 9.47 Å². The lowest BCUT2D eigenvalue weighted by Gasteiger charge is -2.34. The van der Waals surface area contributed by atoms with Gasteiger partial charge in [0.1, 0.15) is 0 Å². The van der Waals surface area contributed by atoms with Crippen LogP contribution in [0.3, 0.4) is 0 Å². The fraction of sp³-hybridized carbons (Fsp3) is 0.571. The summed E-state index contributed by atoms with van der Waals surface area (Å²) in [6.07, 6.45) is 8.44. The number of hydrogen-bond acceptors (Lipinski definition) is 5. The molecule has 28 heavy (non-hydrogen) atoms. The Balaban J connectivity index is 1.72. The molecule has 1 aromatic rings. The minimum absolute atomic E-state index is 0.0661. The number of ether oxygens (including phenoxy) is 2. The number of sulfone groups is 1. The van der Waals surface area contributed by atoms with E-state index in [9.17, 15) is 13.2 Å². The van der Waals surface area contributed by atoms with Crippen molar-refractivity contribution in [3.63, 3.8) is 0 Å². The number of amides is 1. The van der Waals surface area contributed by atoms with E-state index >= 15 is 0 Å². The van der Waals surface area contributed by atoms with Crippen LogP contribution in [-0.4, -0.2) is 56.5 Å². The first kappa shape index (κ1) is 20.7. The van der Waals surface area contributed by atoms with Crippen molar-refractivity contribution >= 4 is 21.8 Å². The Bertz CT molecular complexity index is 827. The number of nitrogens with zero attached hydrogens (tertiary/aromatic N) is 1. The van der Waals surface area contributed by atoms with E-state index in [1.54, 1.807) is 18.1 Å². The minimum Gasteiger partial charge on any atom is -0.493 e. The van der Waals surface area contributed by atoms with Crippen LogP contribution in [-0.2, 0) is 14.6 Å². The maximum atomic E-state index is 13.0. The van der Waals surface area contributed by atoms with Crippen molar-refractivity contribution in [1.82, 2.24) is 4.90 Å². The van der Waals surface area contributed by atoms with Gasteiger partial charge < -0.3 is 14.4 Å². The van der Waals surface area contributed by atoms with Crippen molar-refractivity contribution in [2.75, 3.05) is 25.2 Å². The van der Waals surface area contributed by atoms with Crippen LogP contribution in [0.5, 0.6) is 11.5 Å². The maximum absolute atomic E-state index is 13.0. The third-order valence-electron chi connectivity index (χ3n) is 5.51. The Hall–Kier alpha value is -2.02. The highest BCUT2D eigenvalue weighted by Crippen LogP contribution is 2.31. The van der Waals surface area contributed by atoms with Crippen molar-refractivity contribution in [2.24, 2.45) is 0 Å². The first-order valence-corrected chi connectivity index (χ1v) is 11.7. The van der Waals surface area contributed by atoms with Gasteiger partial charge in [-0.15, -0.1) is 0 Å². The van der Waals surface area contributed by atoms with Gasteiger partial charge in [-0.3, -0.25) is 4.79 Å². The molecule has 1 aromatic carbocycles. The molecule has 0 aromatic heterocycles. The summed E-state index contributed by atoms with van der Waals surface area (Å²) in [4.78, 5) is 14.8. The predicted octanol–water partition coefficient (Wildman–Crippen LogP) is 3.07. The number of methoxy groups -OCH3 is 1. The Morgan fingerprint density at radius 2 is 1.93 bits per heavy atom. The second kappa shape index (κ2) is 8.99. The normalized spacial score (nSPS) is 21.9. The molecule has 154 valence electrons. The molecular formula is C21H29NO5S. The van der Waals surface area contributed by atoms with E-state index in [4.69, 9.17) is 9.47 Å². The van der Waals surface area contributed by atoms with Gasteiger partial charge in [-0.25, -0.2) is 8.42 Å². The van der Waals surface area contributed by atoms with Crippen LogP contribution in [0, 0.1) is 0 Å². The van der Waals surface area contributed by atoms with E-state index in [-0.39, 0.29) is 36.1 Å². The summed E-state index contributed by atoms with van der Waals surface area (Å²) in [6, 6.07) is 5.44. The predicted molar refractivity (Wildman–Crippen MR) is 109 cm³/mol. The average molecular weight is 408 g/mol. The molecule has 1 saturated heterocycles. The summed E-state index contributed by atoms with van der Waals surface area (Å²) < 4.78 is 35.1. The Morgan fingerprint density at radius 1 is 1.18 bits per heavy atom. The molecule has 0 bridgehead atoms. The first-order valence-electron chi connectivity index (χ1n) is 9.88. The summed E-state index contributed by atoms with van der Waals surface area (Å²) in [5.74, 6) is 1.16. The summed E-state index contributed by atoms with van der Waals surface area (Å²) in [7, 11) is -1.49. The molecule has 2 fully saturated rings. The van der Waals surface area contributed by atoms with Crippen LogP contribution in [0.15, 0.2) is 24.3 Å². The van der Waals surface area contributed by atoms with E-state index in [1.165, 1.54) is 0 Å². The Morgan fingerprint density at radius 3 is 2.54 bits per heavy atom. The van der Waals surface area contributed by atoms with Crippen molar-refractivity contribution in [3.05, 3.63) is 29.8 Å². The van der Waals surface area contributed by atoms with E-state index in [0.717, 1.165) is 31.2 Å². The van der Waals surface area contributed by atoms with Gasteiger partial charge in [-0.1, -0.05) is 31.1 Å². The number of benzene rings is 1. The summed E-state index contributed by atoms with van der Waals surface area (Å²) >= 11 is 0. The van der Waals surface area contributed by atoms with Gasteiger partial charge in [-0.2, -0.15) is 0 Å². The molecule has 0 unspecified atom stereocenters. The fourth-order valence-corrected chi connectivity index (χ4v) is 5.91. The molecule has 1 heterocycles. The lowest BCUT2D eigenvalue weighted by molar-refractivity contribution is -0.137. The standard InChI is InChI=1S/C21H29NO5S/c1-3-6-16-9-10-19(20(13-16)26-2)27-14-21(23)22(17-7-4-5-8-17)18-11-12-28(24,25)15-18/h3,6,9-10,13,17-18H,4-5,7-8,11-12,14-15H2,1-2H3/b6-3+/t18-/m0/s1. The van der Waals surface area contributed by atoms with Gasteiger partial charge in [0.15, 0.2) is 27.9 Å². The van der Waals surface area contributed by atoms with Gasteiger partial charge in [0.25, 0.3) is 5.91 Å². The van der Waals surface area contributed by atoms with Crippen molar-refractivity contribution < 1.29 is 22.7 Å². The first-order chi connectivity index (χ1) is 13.4. The highest BCUT2D eigenvalue weighted by atomic mass is 32.2. The molecule has 1 aliphatic carbocycles. The zero-order valence-corrected chi connectivity index (χ0v) is 17.4. The second-order valence-corrected chi connectivity index (χ2v) is 9.72. The number of allylic oxidation sites excluding steroid dienone is 1. The van der Waals surface area contributed by atoms with E-state index < -0.39 is 9.84 Å². The van der Waals surface area contributed by atoms with Crippen LogP contribution in [0.2, 0.25) is 0 Å². The summed E-state index contributed by atoms with van der Waals surface area (Å²) in [5.41, 5.74) is 0.988. The molecule has 1 saturated carbocycles. The van der Waals surface area contributed by atoms with E-state index in [2.05, 4.69) is 0 Å². The van der Waals surface area contributed by atoms with E-state index in [1.807, 2.05) is 31.2 Å². The second-order valence-electron chi connectivity index (χ2n) is 7.50. The molecule has 0 N–H and O–H groups in total. The molecule has 2 aliphatic rings. The SMILES string of the molecule is C/C=C/c1ccc(OCC(=O)N(C2CCCC2)[C@H]2CCS(=O)(=O)C2)c(OC)c1. The third-order valence-corrected chi connectivity index (χ3v) is 7.26. The molecule has 7 heteroatoms. The molecule has 0 spiro atoms. The number of carbonyl (C=O) groups is 1. The van der Waals surface area contributed by atoms with Gasteiger partial charge >= 0.3 is 0 Å². The molecule has 6 nitrogen and oxygen atoms in total. The third kappa shape index (κ3) is 4.87. The molecule has 0 radical (unpaired) electrons. The highest BCUT2D eigenvalue weighted by Gasteiger charge is 2.39. The van der Waals surface area contributed by atoms with Crippen LogP contribution >= 0.6 is 0 Å². The van der Waals surface area contributed by atoms with Gasteiger partial charge in [0, 0.05) is 12.1 Å². The van der Waals surface area contributed by atoms with Crippen LogP contribution in [0.4, 0.5) is 0 Å². The van der Waals surface area contributed by atoms with Crippen LogP contribution in [0.25, 0.3) is 6.08 Å². The average Bonchev–Trinajstić information content (AvgIpc) is 3.31. The van der Waals surface area contributed by atoms with Gasteiger partial charge in [0.2, 0.25) is 0 Å². The Labute approximate surface area is 167 Å². The largest absolute Gasteiger partial charge is 0.493 e. The fourth-order valence-electron chi connectivity index (χ4n) is 4.20. The maximum Gasteiger partial charge on any atom is 0.261 e. The molecular weight excluding hydrogens is 378 g/mol. The van der Waals surface area contributed by atoms with Gasteiger partial charge in [-0.05, 0) is 43.9 Å². The van der Waals surface area contributed by atoms with Crippen molar-refractivity contribution in [1.29, 1.82) is 0 Å². The lowest BCUT2D eigenvalue weighted by atomic mass is 10.1. The smallest absolute Gasteiger partial charge is 0.261 e. The van der Waals surface area contributed by atoms with Gasteiger partial charge in [0.05, 0.1) is 18.6 Å². The number of rotatable bonds is 7. The zero-order chi connectivity index (χ0) is 20.1. The molecule has 1 amide bonds. The molecule has 1 atom stereocenters. The number of carbonyl (C=O) groups excluding carboxylic acids is 1. The quantitative estimate of drug-likeness (QED) is 0.695. The Kier molecular flexibility index (Phi) is 6.65. The minimum atomic E-state index is -3.05. The monoisotopic (exact) mass is 407 g/mol. The topological polar surface area (TPSA) is 72.9 Å². The van der Waals surface area contributed by atoms with E-state index in [0.29, 0.717) is 17.9 Å².